The minimum atomic E-state index is -1.65. The Morgan fingerprint density at radius 2 is 1.04 bits per heavy atom. The van der Waals surface area contributed by atoms with E-state index in [-0.39, 0.29) is 85.1 Å². The van der Waals surface area contributed by atoms with Crippen LogP contribution in [0.2, 0.25) is 0 Å². The first-order valence-electron chi connectivity index (χ1n) is 6.15. The van der Waals surface area contributed by atoms with Crippen molar-refractivity contribution in [3.8, 4) is 0 Å². The molecule has 0 aromatic carbocycles. The van der Waals surface area contributed by atoms with Crippen LogP contribution in [0.4, 0.5) is 17.6 Å². The Hall–Kier alpha value is 1.14. The molecule has 1 rings (SSSR count). The Morgan fingerprint density at radius 1 is 0.696 bits per heavy atom. The van der Waals surface area contributed by atoms with Crippen LogP contribution in [0.1, 0.15) is 0 Å². The van der Waals surface area contributed by atoms with Crippen LogP contribution < -0.4 is 37.2 Å². The molecular weight excluding hydrogens is 418 g/mol. The Balaban J connectivity index is -0.000000451. The smallest absolute Gasteiger partial charge is 1.00 e. The molecule has 4 nitrogen and oxygen atoms in total. The maximum absolute atomic E-state index is 13.8. The number of halogens is 7. The van der Waals surface area contributed by atoms with E-state index in [1.54, 1.807) is 0 Å². The maximum atomic E-state index is 13.8. The molecule has 0 N–H and O–H groups in total. The average molecular weight is 440 g/mol. The molecular formula is C11H21Cl3F4N4Ti. The van der Waals surface area contributed by atoms with Gasteiger partial charge in [0.1, 0.15) is 6.30 Å². The summed E-state index contributed by atoms with van der Waals surface area (Å²) in [5, 5.41) is 3.49. The molecule has 0 amide bonds. The molecule has 0 radical (unpaired) electrons. The zero-order valence-electron chi connectivity index (χ0n) is 13.1. The monoisotopic (exact) mass is 438 g/mol. The number of nitrogens with zero attached hydrogens (tertiary/aromatic N) is 4. The van der Waals surface area contributed by atoms with Gasteiger partial charge in [0.15, 0.2) is 12.6 Å². The Labute approximate surface area is 168 Å². The van der Waals surface area contributed by atoms with Gasteiger partial charge in [-0.25, -0.2) is 13.2 Å². The topological polar surface area (TPSA) is 23.8 Å². The fourth-order valence-corrected chi connectivity index (χ4v) is 1.73. The van der Waals surface area contributed by atoms with E-state index in [0.717, 1.165) is 14.7 Å². The summed E-state index contributed by atoms with van der Waals surface area (Å²) in [5.41, 5.74) is 0. The van der Waals surface area contributed by atoms with Gasteiger partial charge in [-0.2, -0.15) is 0 Å². The first-order valence-corrected chi connectivity index (χ1v) is 6.15. The molecule has 1 aliphatic rings. The van der Waals surface area contributed by atoms with Gasteiger partial charge in [0.2, 0.25) is 0 Å². The van der Waals surface area contributed by atoms with Crippen LogP contribution in [-0.2, 0) is 21.7 Å². The van der Waals surface area contributed by atoms with E-state index in [1.165, 1.54) is 21.1 Å². The van der Waals surface area contributed by atoms with Crippen LogP contribution in [0.25, 0.3) is 5.32 Å². The summed E-state index contributed by atoms with van der Waals surface area (Å²) in [7, 11) is 4.19. The third kappa shape index (κ3) is 11.4. The predicted octanol–water partition coefficient (Wildman–Crippen LogP) is -7.64. The van der Waals surface area contributed by atoms with Crippen molar-refractivity contribution in [1.29, 1.82) is 0 Å². The van der Waals surface area contributed by atoms with Gasteiger partial charge in [-0.1, -0.05) is 0 Å². The molecule has 0 saturated carbocycles. The van der Waals surface area contributed by atoms with Crippen LogP contribution >= 0.6 is 0 Å². The second-order valence-corrected chi connectivity index (χ2v) is 4.92. The first kappa shape index (κ1) is 31.9. The molecule has 0 aromatic heterocycles. The van der Waals surface area contributed by atoms with Crippen LogP contribution in [0.3, 0.4) is 0 Å². The Morgan fingerprint density at radius 3 is 1.48 bits per heavy atom. The molecule has 4 unspecified atom stereocenters. The fourth-order valence-electron chi connectivity index (χ4n) is 1.73. The summed E-state index contributed by atoms with van der Waals surface area (Å²) in [6, 6.07) is 0. The van der Waals surface area contributed by atoms with Gasteiger partial charge in [-0.15, -0.1) is 6.54 Å². The van der Waals surface area contributed by atoms with Crippen molar-refractivity contribution in [1.82, 2.24) is 14.7 Å². The number of rotatable bonds is 0. The van der Waals surface area contributed by atoms with E-state index in [2.05, 4.69) is 5.32 Å². The van der Waals surface area contributed by atoms with Gasteiger partial charge >= 0.3 is 21.7 Å². The zero-order chi connectivity index (χ0) is 14.6. The Kier molecular flexibility index (Phi) is 21.3. The summed E-state index contributed by atoms with van der Waals surface area (Å²) in [5.74, 6) is 0. The quantitative estimate of drug-likeness (QED) is 0.213. The molecule has 1 saturated heterocycles. The minimum Gasteiger partial charge on any atom is -1.00 e. The molecule has 12 heteroatoms. The van der Waals surface area contributed by atoms with Gasteiger partial charge in [0.25, 0.3) is 0 Å². The molecule has 0 aliphatic carbocycles. The average Bonchev–Trinajstić information content (AvgIpc) is 2.34. The van der Waals surface area contributed by atoms with Gasteiger partial charge in [0.05, 0.1) is 0 Å². The minimum absolute atomic E-state index is 0. The maximum Gasteiger partial charge on any atom is 4.00 e. The third-order valence-electron chi connectivity index (χ3n) is 3.20. The van der Waals surface area contributed by atoms with Crippen molar-refractivity contribution in [2.24, 2.45) is 0 Å². The zero-order valence-corrected chi connectivity index (χ0v) is 16.9. The van der Waals surface area contributed by atoms with Crippen molar-refractivity contribution in [2.75, 3.05) is 47.3 Å². The molecule has 23 heavy (non-hydrogen) atoms. The summed E-state index contributed by atoms with van der Waals surface area (Å²) in [6.07, 6.45) is -6.19. The fraction of sp³-hybridized carbons (Fsp3) is 1.00. The third-order valence-corrected chi connectivity index (χ3v) is 3.20. The van der Waals surface area contributed by atoms with Crippen LogP contribution in [0.5, 0.6) is 0 Å². The largest absolute Gasteiger partial charge is 4.00 e. The van der Waals surface area contributed by atoms with Crippen molar-refractivity contribution in [2.45, 2.75) is 25.2 Å². The van der Waals surface area contributed by atoms with Gasteiger partial charge in [-0.05, 0) is 21.1 Å². The number of likely N-dealkylation sites (N-methyl/N-ethyl adjacent to an activating group) is 3. The molecule has 1 aliphatic heterocycles. The molecule has 1 heterocycles. The van der Waals surface area contributed by atoms with Crippen LogP contribution in [0.15, 0.2) is 0 Å². The van der Waals surface area contributed by atoms with E-state index in [1.807, 2.05) is 0 Å². The van der Waals surface area contributed by atoms with E-state index < -0.39 is 25.2 Å². The summed E-state index contributed by atoms with van der Waals surface area (Å²) < 4.78 is 54.6. The molecule has 138 valence electrons. The van der Waals surface area contributed by atoms with E-state index >= 15 is 0 Å². The number of hydrogen-bond acceptors (Lipinski definition) is 3. The number of alkyl halides is 4. The van der Waals surface area contributed by atoms with Crippen LogP contribution in [-0.4, -0.2) is 87.2 Å². The molecule has 4 atom stereocenters. The molecule has 1 fully saturated rings. The van der Waals surface area contributed by atoms with Crippen molar-refractivity contribution in [3.05, 3.63) is 5.32 Å². The SMILES string of the molecule is CN1CC(F)[N-]CC(F)N(C)CC(F)N(C)CC1F.[Cl-].[Cl-].[Cl-].[Ti+4]. The summed E-state index contributed by atoms with van der Waals surface area (Å²) in [4.78, 5) is 3.36. The Bertz CT molecular complexity index is 290. The van der Waals surface area contributed by atoms with E-state index in [9.17, 15) is 17.6 Å². The van der Waals surface area contributed by atoms with Crippen molar-refractivity contribution < 1.29 is 76.5 Å². The van der Waals surface area contributed by atoms with Gasteiger partial charge in [-0.3, -0.25) is 19.1 Å². The first-order chi connectivity index (χ1) is 8.81. The molecule has 0 aromatic rings. The van der Waals surface area contributed by atoms with E-state index in [4.69, 9.17) is 0 Å². The van der Waals surface area contributed by atoms with Crippen molar-refractivity contribution in [3.63, 3.8) is 0 Å². The number of hydrogen-bond donors (Lipinski definition) is 0. The predicted molar refractivity (Wildman–Crippen MR) is 65.7 cm³/mol. The van der Waals surface area contributed by atoms with E-state index in [0.29, 0.717) is 0 Å². The van der Waals surface area contributed by atoms with Crippen molar-refractivity contribution >= 4 is 0 Å². The standard InChI is InChI=1S/C11H21F4N4.3ClH.Ti/c1-17-5-8(12)16-4-9(13)18(2)6-11(15)19(3)7-10(17)14;;;;/h8-11H,4-7H2,1-3H3;3*1H;/q-1;;;;+4/p-3. The second kappa shape index (κ2) is 15.4. The van der Waals surface area contributed by atoms with Crippen LogP contribution in [0, 0.1) is 0 Å². The second-order valence-electron chi connectivity index (χ2n) is 4.92. The summed E-state index contributed by atoms with van der Waals surface area (Å²) in [6.45, 7) is -1.10. The van der Waals surface area contributed by atoms with Gasteiger partial charge in [0, 0.05) is 25.9 Å². The normalized spacial score (nSPS) is 32.0. The molecule has 0 bridgehead atoms. The summed E-state index contributed by atoms with van der Waals surface area (Å²) >= 11 is 0. The van der Waals surface area contributed by atoms with Gasteiger partial charge < -0.3 is 42.5 Å². The molecule has 0 spiro atoms.